The number of amides is 2. The molecule has 36 heavy (non-hydrogen) atoms. The fourth-order valence-electron chi connectivity index (χ4n) is 2.08. The maximum Gasteiger partial charge on any atom is 0.416 e. The van der Waals surface area contributed by atoms with E-state index < -0.39 is 73.4 Å². The fraction of sp³-hybridized carbons (Fsp3) is 0.389. The van der Waals surface area contributed by atoms with Gasteiger partial charge in [0.15, 0.2) is 13.2 Å². The lowest BCUT2D eigenvalue weighted by Crippen LogP contribution is -2.34. The summed E-state index contributed by atoms with van der Waals surface area (Å²) in [6.07, 6.45) is -13.0. The molecular formula is C18H13F11N4O3. The maximum absolute atomic E-state index is 13.1. The summed E-state index contributed by atoms with van der Waals surface area (Å²) in [5, 5.41) is 3.86. The number of rotatable bonds is 10. The van der Waals surface area contributed by atoms with Crippen LogP contribution in [-0.4, -0.2) is 53.9 Å². The molecule has 18 heteroatoms. The van der Waals surface area contributed by atoms with Crippen molar-refractivity contribution in [2.24, 2.45) is 0 Å². The number of urea groups is 1. The van der Waals surface area contributed by atoms with E-state index >= 15 is 0 Å². The van der Waals surface area contributed by atoms with Crippen molar-refractivity contribution in [3.8, 4) is 11.8 Å². The molecule has 0 atom stereocenters. The van der Waals surface area contributed by atoms with E-state index in [1.807, 2.05) is 10.6 Å². The Labute approximate surface area is 193 Å². The molecule has 0 aliphatic carbocycles. The van der Waals surface area contributed by atoms with Crippen molar-refractivity contribution in [1.82, 2.24) is 9.97 Å². The molecule has 0 bridgehead atoms. The molecule has 7 nitrogen and oxygen atoms in total. The van der Waals surface area contributed by atoms with Gasteiger partial charge in [-0.3, -0.25) is 5.32 Å². The summed E-state index contributed by atoms with van der Waals surface area (Å²) in [6.45, 7) is -3.93. The Bertz CT molecular complexity index is 992. The number of hydrogen-bond acceptors (Lipinski definition) is 5. The molecule has 2 N–H and O–H groups in total. The van der Waals surface area contributed by atoms with Gasteiger partial charge in [0.25, 0.3) is 0 Å². The SMILES string of the molecule is O=C(Nc1ccc(C(F)(F)F)cc1)Nc1nc(OCC(F)(F)C(F)F)cc(OCC(F)(F)C(F)F)n1. The molecule has 0 spiro atoms. The van der Waals surface area contributed by atoms with Crippen LogP contribution in [-0.2, 0) is 6.18 Å². The summed E-state index contributed by atoms with van der Waals surface area (Å²) in [4.78, 5) is 18.8. The summed E-state index contributed by atoms with van der Waals surface area (Å²) in [5.41, 5.74) is -1.22. The van der Waals surface area contributed by atoms with Crippen LogP contribution in [0.1, 0.15) is 5.56 Å². The minimum atomic E-state index is -4.68. The zero-order chi connectivity index (χ0) is 27.3. The highest BCUT2D eigenvalue weighted by atomic mass is 19.4. The quantitative estimate of drug-likeness (QED) is 0.377. The van der Waals surface area contributed by atoms with Gasteiger partial charge in [-0.1, -0.05) is 0 Å². The number of halogens is 11. The lowest BCUT2D eigenvalue weighted by Gasteiger charge is -2.18. The number of carbonyl (C=O) groups excluding carboxylic acids is 1. The average Bonchev–Trinajstić information content (AvgIpc) is 2.76. The summed E-state index contributed by atoms with van der Waals surface area (Å²) >= 11 is 0. The van der Waals surface area contributed by atoms with E-state index in [2.05, 4.69) is 19.4 Å². The van der Waals surface area contributed by atoms with Crippen LogP contribution in [0.15, 0.2) is 30.3 Å². The third-order valence-electron chi connectivity index (χ3n) is 3.84. The van der Waals surface area contributed by atoms with Crippen LogP contribution in [0.2, 0.25) is 0 Å². The van der Waals surface area contributed by atoms with Crippen molar-refractivity contribution >= 4 is 17.7 Å². The van der Waals surface area contributed by atoms with Gasteiger partial charge in [-0.15, -0.1) is 0 Å². The van der Waals surface area contributed by atoms with Gasteiger partial charge in [-0.25, -0.2) is 22.4 Å². The van der Waals surface area contributed by atoms with Crippen LogP contribution in [0.4, 0.5) is 64.7 Å². The molecule has 0 fully saturated rings. The first-order chi connectivity index (χ1) is 16.5. The summed E-state index contributed by atoms with van der Waals surface area (Å²) in [7, 11) is 0. The minimum Gasteiger partial charge on any atom is -0.471 e. The topological polar surface area (TPSA) is 85.4 Å². The molecule has 0 aliphatic rings. The Balaban J connectivity index is 2.20. The van der Waals surface area contributed by atoms with Gasteiger partial charge in [-0.05, 0) is 24.3 Å². The summed E-state index contributed by atoms with van der Waals surface area (Å²) < 4.78 is 148. The second kappa shape index (κ2) is 11.0. The molecule has 0 radical (unpaired) electrons. The Morgan fingerprint density at radius 1 is 0.778 bits per heavy atom. The molecule has 1 aromatic heterocycles. The fourth-order valence-corrected chi connectivity index (χ4v) is 2.08. The van der Waals surface area contributed by atoms with E-state index in [-0.39, 0.29) is 5.69 Å². The van der Waals surface area contributed by atoms with Crippen LogP contribution < -0.4 is 20.1 Å². The molecule has 2 aromatic rings. The standard InChI is InChI=1S/C18H13F11N4O3/c19-12(20)16(23,24)6-35-10-5-11(36-7-17(25,26)13(21)22)32-14(31-10)33-15(34)30-9-3-1-8(2-4-9)18(27,28)29/h1-5,12-13H,6-7H2,(H2,30,31,32,33,34). The highest BCUT2D eigenvalue weighted by molar-refractivity contribution is 5.98. The third kappa shape index (κ3) is 8.26. The van der Waals surface area contributed by atoms with Gasteiger partial charge in [0.05, 0.1) is 11.6 Å². The van der Waals surface area contributed by atoms with E-state index in [0.29, 0.717) is 18.2 Å². The van der Waals surface area contributed by atoms with Crippen molar-refractivity contribution in [3.05, 3.63) is 35.9 Å². The van der Waals surface area contributed by atoms with Gasteiger partial charge < -0.3 is 14.8 Å². The number of nitrogens with zero attached hydrogens (tertiary/aromatic N) is 2. The molecule has 2 amide bonds. The van der Waals surface area contributed by atoms with Gasteiger partial charge >= 0.3 is 36.9 Å². The number of benzene rings is 1. The van der Waals surface area contributed by atoms with E-state index in [4.69, 9.17) is 0 Å². The molecule has 2 rings (SSSR count). The number of hydrogen-bond donors (Lipinski definition) is 2. The van der Waals surface area contributed by atoms with Crippen molar-refractivity contribution in [3.63, 3.8) is 0 Å². The minimum absolute atomic E-state index is 0.183. The normalized spacial score (nSPS) is 12.6. The highest BCUT2D eigenvalue weighted by Gasteiger charge is 2.43. The first-order valence-electron chi connectivity index (χ1n) is 9.21. The van der Waals surface area contributed by atoms with Crippen LogP contribution >= 0.6 is 0 Å². The van der Waals surface area contributed by atoms with E-state index in [0.717, 1.165) is 12.1 Å². The molecule has 1 heterocycles. The Morgan fingerprint density at radius 2 is 1.22 bits per heavy atom. The molecular weight excluding hydrogens is 529 g/mol. The lowest BCUT2D eigenvalue weighted by atomic mass is 10.2. The number of nitrogens with one attached hydrogen (secondary N) is 2. The Morgan fingerprint density at radius 3 is 1.61 bits per heavy atom. The largest absolute Gasteiger partial charge is 0.471 e. The zero-order valence-corrected chi connectivity index (χ0v) is 17.2. The van der Waals surface area contributed by atoms with Gasteiger partial charge in [-0.2, -0.15) is 40.7 Å². The molecule has 0 unspecified atom stereocenters. The predicted molar refractivity (Wildman–Crippen MR) is 99.0 cm³/mol. The van der Waals surface area contributed by atoms with E-state index in [9.17, 15) is 53.1 Å². The molecule has 1 aromatic carbocycles. The van der Waals surface area contributed by atoms with Gasteiger partial charge in [0.1, 0.15) is 0 Å². The molecule has 0 aliphatic heterocycles. The van der Waals surface area contributed by atoms with Crippen LogP contribution in [0, 0.1) is 0 Å². The third-order valence-corrected chi connectivity index (χ3v) is 3.84. The van der Waals surface area contributed by atoms with Crippen molar-refractivity contribution in [1.29, 1.82) is 0 Å². The Hall–Kier alpha value is -3.60. The van der Waals surface area contributed by atoms with E-state index in [1.165, 1.54) is 0 Å². The summed E-state index contributed by atoms with van der Waals surface area (Å²) in [6, 6.07) is 2.13. The average molecular weight is 542 g/mol. The smallest absolute Gasteiger partial charge is 0.416 e. The first-order valence-corrected chi connectivity index (χ1v) is 9.21. The number of aromatic nitrogens is 2. The zero-order valence-electron chi connectivity index (χ0n) is 17.2. The monoisotopic (exact) mass is 542 g/mol. The second-order valence-corrected chi connectivity index (χ2v) is 6.72. The van der Waals surface area contributed by atoms with Gasteiger partial charge in [0, 0.05) is 5.69 Å². The van der Waals surface area contributed by atoms with Crippen molar-refractivity contribution in [2.45, 2.75) is 30.9 Å². The predicted octanol–water partition coefficient (Wildman–Crippen LogP) is 5.70. The van der Waals surface area contributed by atoms with Gasteiger partial charge in [0.2, 0.25) is 17.7 Å². The van der Waals surface area contributed by atoms with Crippen LogP contribution in [0.25, 0.3) is 0 Å². The number of ether oxygens (including phenoxy) is 2. The maximum atomic E-state index is 13.1. The number of carbonyl (C=O) groups is 1. The molecule has 200 valence electrons. The molecule has 0 saturated carbocycles. The van der Waals surface area contributed by atoms with E-state index in [1.54, 1.807) is 0 Å². The first kappa shape index (κ1) is 28.6. The van der Waals surface area contributed by atoms with Crippen LogP contribution in [0.3, 0.4) is 0 Å². The Kier molecular flexibility index (Phi) is 8.74. The molecule has 0 saturated heterocycles. The number of anilines is 2. The summed E-state index contributed by atoms with van der Waals surface area (Å²) in [5.74, 6) is -12.3. The van der Waals surface area contributed by atoms with Crippen molar-refractivity contribution in [2.75, 3.05) is 23.8 Å². The number of alkyl halides is 11. The lowest BCUT2D eigenvalue weighted by molar-refractivity contribution is -0.149. The van der Waals surface area contributed by atoms with Crippen LogP contribution in [0.5, 0.6) is 11.8 Å². The second-order valence-electron chi connectivity index (χ2n) is 6.72. The highest BCUT2D eigenvalue weighted by Crippen LogP contribution is 2.30. The van der Waals surface area contributed by atoms with Crippen molar-refractivity contribution < 1.29 is 62.6 Å².